The van der Waals surface area contributed by atoms with E-state index in [1.54, 1.807) is 43.3 Å². The third-order valence-corrected chi connectivity index (χ3v) is 4.47. The maximum Gasteiger partial charge on any atom is 0.276 e. The second-order valence-corrected chi connectivity index (χ2v) is 6.74. The molecule has 0 aliphatic carbocycles. The predicted molar refractivity (Wildman–Crippen MR) is 85.3 cm³/mol. The fraction of sp³-hybridized carbons (Fsp3) is 0.133. The van der Waals surface area contributed by atoms with Gasteiger partial charge in [0.1, 0.15) is 0 Å². The highest BCUT2D eigenvalue weighted by Gasteiger charge is 2.15. The molecule has 0 unspecified atom stereocenters. The van der Waals surface area contributed by atoms with E-state index in [9.17, 15) is 8.42 Å². The van der Waals surface area contributed by atoms with Crippen LogP contribution in [0.4, 0.5) is 0 Å². The van der Waals surface area contributed by atoms with Crippen molar-refractivity contribution in [3.8, 4) is 0 Å². The number of aryl methyl sites for hydroxylation is 2. The number of hydrogen-bond acceptors (Lipinski definition) is 3. The minimum absolute atomic E-state index is 0.219. The van der Waals surface area contributed by atoms with Crippen LogP contribution >= 0.6 is 11.6 Å². The zero-order valence-corrected chi connectivity index (χ0v) is 13.2. The van der Waals surface area contributed by atoms with Gasteiger partial charge in [0.25, 0.3) is 10.0 Å². The molecule has 0 amide bonds. The lowest BCUT2D eigenvalue weighted by Gasteiger charge is -2.07. The van der Waals surface area contributed by atoms with Crippen molar-refractivity contribution in [3.05, 3.63) is 64.2 Å². The first-order chi connectivity index (χ1) is 9.88. The summed E-state index contributed by atoms with van der Waals surface area (Å²) < 4.78 is 24.3. The molecule has 21 heavy (non-hydrogen) atoms. The van der Waals surface area contributed by atoms with Crippen LogP contribution in [0.2, 0.25) is 5.02 Å². The van der Waals surface area contributed by atoms with E-state index < -0.39 is 10.0 Å². The smallest absolute Gasteiger partial charge is 0.200 e. The van der Waals surface area contributed by atoms with Crippen LogP contribution in [0.5, 0.6) is 0 Å². The molecule has 2 rings (SSSR count). The molecule has 6 heteroatoms. The topological polar surface area (TPSA) is 58.5 Å². The van der Waals surface area contributed by atoms with Gasteiger partial charge >= 0.3 is 0 Å². The maximum atomic E-state index is 12.2. The zero-order valence-electron chi connectivity index (χ0n) is 11.7. The van der Waals surface area contributed by atoms with Crippen molar-refractivity contribution in [1.82, 2.24) is 4.83 Å². The van der Waals surface area contributed by atoms with E-state index >= 15 is 0 Å². The van der Waals surface area contributed by atoms with Crippen molar-refractivity contribution in [2.24, 2.45) is 5.10 Å². The molecule has 0 aliphatic rings. The molecule has 1 N–H and O–H groups in total. The largest absolute Gasteiger partial charge is 0.276 e. The van der Waals surface area contributed by atoms with Crippen molar-refractivity contribution in [1.29, 1.82) is 0 Å². The number of benzene rings is 2. The van der Waals surface area contributed by atoms with E-state index in [1.807, 2.05) is 13.0 Å². The molecule has 0 atom stereocenters. The molecular weight excluding hydrogens is 308 g/mol. The van der Waals surface area contributed by atoms with Crippen LogP contribution in [-0.4, -0.2) is 14.6 Å². The molecule has 0 heterocycles. The molecule has 0 bridgehead atoms. The summed E-state index contributed by atoms with van der Waals surface area (Å²) in [7, 11) is -3.67. The average molecular weight is 323 g/mol. The molecule has 0 aromatic heterocycles. The quantitative estimate of drug-likeness (QED) is 0.693. The summed E-state index contributed by atoms with van der Waals surface area (Å²) in [6, 6.07) is 12.1. The lowest BCUT2D eigenvalue weighted by atomic mass is 10.2. The Hall–Kier alpha value is -1.85. The van der Waals surface area contributed by atoms with Gasteiger partial charge in [-0.1, -0.05) is 41.4 Å². The van der Waals surface area contributed by atoms with E-state index in [1.165, 1.54) is 6.21 Å². The van der Waals surface area contributed by atoms with E-state index in [0.29, 0.717) is 16.1 Å². The first-order valence-electron chi connectivity index (χ1n) is 6.26. The Balaban J connectivity index is 2.18. The minimum Gasteiger partial charge on any atom is -0.200 e. The highest BCUT2D eigenvalue weighted by molar-refractivity contribution is 7.89. The molecule has 0 aliphatic heterocycles. The summed E-state index contributed by atoms with van der Waals surface area (Å²) in [6.45, 7) is 3.66. The molecule has 0 saturated carbocycles. The molecule has 0 radical (unpaired) electrons. The molecular formula is C15H15ClN2O2S. The number of hydrogen-bond donors (Lipinski definition) is 1. The Kier molecular flexibility index (Phi) is 4.65. The van der Waals surface area contributed by atoms with E-state index in [2.05, 4.69) is 9.93 Å². The van der Waals surface area contributed by atoms with E-state index in [-0.39, 0.29) is 4.90 Å². The lowest BCUT2D eigenvalue weighted by Crippen LogP contribution is -2.19. The number of hydrazone groups is 1. The fourth-order valence-electron chi connectivity index (χ4n) is 1.91. The Morgan fingerprint density at radius 1 is 1.14 bits per heavy atom. The molecule has 110 valence electrons. The van der Waals surface area contributed by atoms with Crippen molar-refractivity contribution < 1.29 is 8.42 Å². The van der Waals surface area contributed by atoms with Gasteiger partial charge in [-0.25, -0.2) is 4.83 Å². The minimum atomic E-state index is -3.67. The third-order valence-electron chi connectivity index (χ3n) is 2.86. The van der Waals surface area contributed by atoms with Crippen LogP contribution in [0.1, 0.15) is 16.7 Å². The molecule has 0 saturated heterocycles. The van der Waals surface area contributed by atoms with Gasteiger partial charge < -0.3 is 0 Å². The summed E-state index contributed by atoms with van der Waals surface area (Å²) >= 11 is 5.84. The van der Waals surface area contributed by atoms with Gasteiger partial charge in [0, 0.05) is 5.02 Å². The SMILES string of the molecule is Cc1ccc(S(=O)(=O)N/N=C/c2cccc(Cl)c2)c(C)c1. The summed E-state index contributed by atoms with van der Waals surface area (Å²) in [4.78, 5) is 2.42. The van der Waals surface area contributed by atoms with Gasteiger partial charge in [0.15, 0.2) is 0 Å². The van der Waals surface area contributed by atoms with Gasteiger partial charge in [-0.2, -0.15) is 13.5 Å². The van der Waals surface area contributed by atoms with Crippen LogP contribution in [-0.2, 0) is 10.0 Å². The van der Waals surface area contributed by atoms with E-state index in [4.69, 9.17) is 11.6 Å². The van der Waals surface area contributed by atoms with E-state index in [0.717, 1.165) is 5.56 Å². The van der Waals surface area contributed by atoms with Gasteiger partial charge in [-0.3, -0.25) is 0 Å². The first kappa shape index (κ1) is 15.5. The van der Waals surface area contributed by atoms with Crippen LogP contribution < -0.4 is 4.83 Å². The zero-order chi connectivity index (χ0) is 15.5. The summed E-state index contributed by atoms with van der Waals surface area (Å²) in [5.41, 5.74) is 2.40. The van der Waals surface area contributed by atoms with Crippen LogP contribution in [0.3, 0.4) is 0 Å². The highest BCUT2D eigenvalue weighted by atomic mass is 35.5. The molecule has 2 aromatic rings. The lowest BCUT2D eigenvalue weighted by molar-refractivity contribution is 0.584. The second kappa shape index (κ2) is 6.28. The highest BCUT2D eigenvalue weighted by Crippen LogP contribution is 2.16. The molecule has 4 nitrogen and oxygen atoms in total. The predicted octanol–water partition coefficient (Wildman–Crippen LogP) is 3.27. The number of halogens is 1. The Labute approximate surface area is 129 Å². The molecule has 2 aromatic carbocycles. The van der Waals surface area contributed by atoms with Crippen molar-refractivity contribution >= 4 is 27.8 Å². The fourth-order valence-corrected chi connectivity index (χ4v) is 3.13. The van der Waals surface area contributed by atoms with Crippen molar-refractivity contribution in [3.63, 3.8) is 0 Å². The standard InChI is InChI=1S/C15H15ClN2O2S/c1-11-6-7-15(12(2)8-11)21(19,20)18-17-10-13-4-3-5-14(16)9-13/h3-10,18H,1-2H3/b17-10+. The Morgan fingerprint density at radius 3 is 2.57 bits per heavy atom. The van der Waals surface area contributed by atoms with Crippen LogP contribution in [0, 0.1) is 13.8 Å². The van der Waals surface area contributed by atoms with Crippen molar-refractivity contribution in [2.75, 3.05) is 0 Å². The second-order valence-electron chi connectivity index (χ2n) is 4.68. The van der Waals surface area contributed by atoms with Crippen molar-refractivity contribution in [2.45, 2.75) is 18.7 Å². The summed E-state index contributed by atoms with van der Waals surface area (Å²) in [5.74, 6) is 0. The van der Waals surface area contributed by atoms with Gasteiger partial charge in [-0.05, 0) is 43.2 Å². The molecule has 0 fully saturated rings. The summed E-state index contributed by atoms with van der Waals surface area (Å²) in [5, 5.41) is 4.34. The number of sulfonamides is 1. The number of nitrogens with one attached hydrogen (secondary N) is 1. The normalized spacial score (nSPS) is 11.8. The number of rotatable bonds is 4. The van der Waals surface area contributed by atoms with Crippen LogP contribution in [0.25, 0.3) is 0 Å². The third kappa shape index (κ3) is 4.06. The monoisotopic (exact) mass is 322 g/mol. The Morgan fingerprint density at radius 2 is 1.90 bits per heavy atom. The van der Waals surface area contributed by atoms with Crippen LogP contribution in [0.15, 0.2) is 52.5 Å². The van der Waals surface area contributed by atoms with Gasteiger partial charge in [-0.15, -0.1) is 0 Å². The van der Waals surface area contributed by atoms with Gasteiger partial charge in [0.05, 0.1) is 11.1 Å². The summed E-state index contributed by atoms with van der Waals surface area (Å²) in [6.07, 6.45) is 1.41. The first-order valence-corrected chi connectivity index (χ1v) is 8.12. The molecule has 0 spiro atoms. The average Bonchev–Trinajstić information content (AvgIpc) is 2.38. The number of nitrogens with zero attached hydrogens (tertiary/aromatic N) is 1. The maximum absolute atomic E-state index is 12.2. The van der Waals surface area contributed by atoms with Gasteiger partial charge in [0.2, 0.25) is 0 Å². The Bertz CT molecular complexity index is 786.